The molecule has 0 fully saturated rings. The second kappa shape index (κ2) is 5.66. The van der Waals surface area contributed by atoms with Crippen LogP contribution in [0.1, 0.15) is 11.1 Å². The van der Waals surface area contributed by atoms with E-state index in [1.165, 1.54) is 11.2 Å². The summed E-state index contributed by atoms with van der Waals surface area (Å²) < 4.78 is 11.6. The molecule has 0 spiro atoms. The van der Waals surface area contributed by atoms with Crippen molar-refractivity contribution in [3.63, 3.8) is 0 Å². The average molecular weight is 337 g/mol. The highest BCUT2D eigenvalue weighted by atomic mass is 35.5. The molecule has 1 aromatic heterocycles. The Balaban J connectivity index is 1.99. The maximum atomic E-state index is 12.2. The lowest BCUT2D eigenvalue weighted by Gasteiger charge is -2.17. The van der Waals surface area contributed by atoms with Crippen LogP contribution in [-0.4, -0.2) is 26.3 Å². The van der Waals surface area contributed by atoms with E-state index in [4.69, 9.17) is 17.3 Å². The lowest BCUT2D eigenvalue weighted by molar-refractivity contribution is -0.117. The van der Waals surface area contributed by atoms with Crippen molar-refractivity contribution in [1.29, 1.82) is 0 Å². The SMILES string of the molecule is CS(=O)c1nc(N)c2c(n1)N(Cc1ccc(Cl)cc1)C(=O)C2. The smallest absolute Gasteiger partial charge is 0.233 e. The molecule has 114 valence electrons. The number of benzene rings is 1. The maximum absolute atomic E-state index is 12.2. The maximum Gasteiger partial charge on any atom is 0.233 e. The normalized spacial score (nSPS) is 15.0. The van der Waals surface area contributed by atoms with E-state index in [-0.39, 0.29) is 23.3 Å². The molecule has 0 bridgehead atoms. The predicted octanol–water partition coefficient (Wildman–Crippen LogP) is 1.54. The third kappa shape index (κ3) is 2.69. The second-order valence-corrected chi connectivity index (χ2v) is 6.64. The van der Waals surface area contributed by atoms with Crippen LogP contribution >= 0.6 is 11.6 Å². The van der Waals surface area contributed by atoms with Crippen molar-refractivity contribution in [3.05, 3.63) is 40.4 Å². The number of fused-ring (bicyclic) bond motifs is 1. The number of amides is 1. The second-order valence-electron chi connectivity index (χ2n) is 4.93. The zero-order valence-corrected chi connectivity index (χ0v) is 13.3. The molecule has 0 aliphatic carbocycles. The Morgan fingerprint density at radius 1 is 1.32 bits per heavy atom. The van der Waals surface area contributed by atoms with Gasteiger partial charge >= 0.3 is 0 Å². The number of hydrogen-bond donors (Lipinski definition) is 1. The Labute approximate surface area is 134 Å². The quantitative estimate of drug-likeness (QED) is 0.859. The van der Waals surface area contributed by atoms with Gasteiger partial charge in [0.15, 0.2) is 0 Å². The van der Waals surface area contributed by atoms with Crippen LogP contribution in [0.2, 0.25) is 5.02 Å². The molecule has 1 unspecified atom stereocenters. The van der Waals surface area contributed by atoms with Crippen molar-refractivity contribution in [3.8, 4) is 0 Å². The van der Waals surface area contributed by atoms with Gasteiger partial charge in [0.05, 0.1) is 23.8 Å². The molecular weight excluding hydrogens is 324 g/mol. The van der Waals surface area contributed by atoms with Gasteiger partial charge in [0.25, 0.3) is 0 Å². The molecule has 1 amide bonds. The van der Waals surface area contributed by atoms with Gasteiger partial charge in [0.1, 0.15) is 11.6 Å². The molecule has 3 rings (SSSR count). The van der Waals surface area contributed by atoms with Crippen LogP contribution in [0.15, 0.2) is 29.4 Å². The molecule has 2 heterocycles. The fourth-order valence-electron chi connectivity index (χ4n) is 2.29. The van der Waals surface area contributed by atoms with E-state index in [0.717, 1.165) is 5.56 Å². The van der Waals surface area contributed by atoms with E-state index in [1.807, 2.05) is 12.1 Å². The van der Waals surface area contributed by atoms with Gasteiger partial charge in [-0.15, -0.1) is 0 Å². The number of halogens is 1. The van der Waals surface area contributed by atoms with Gasteiger partial charge in [0.2, 0.25) is 11.1 Å². The molecule has 0 saturated carbocycles. The lowest BCUT2D eigenvalue weighted by Crippen LogP contribution is -2.26. The van der Waals surface area contributed by atoms with Gasteiger partial charge in [-0.05, 0) is 17.7 Å². The number of anilines is 2. The minimum atomic E-state index is -1.36. The monoisotopic (exact) mass is 336 g/mol. The Bertz CT molecular complexity index is 779. The van der Waals surface area contributed by atoms with Crippen LogP contribution in [-0.2, 0) is 28.6 Å². The Kier molecular flexibility index (Phi) is 3.84. The van der Waals surface area contributed by atoms with Gasteiger partial charge < -0.3 is 5.73 Å². The summed E-state index contributed by atoms with van der Waals surface area (Å²) in [5.41, 5.74) is 7.38. The number of nitrogens with zero attached hydrogens (tertiary/aromatic N) is 3. The highest BCUT2D eigenvalue weighted by Crippen LogP contribution is 2.32. The summed E-state index contributed by atoms with van der Waals surface area (Å²) >= 11 is 5.86. The number of nitrogens with two attached hydrogens (primary N) is 1. The van der Waals surface area contributed by atoms with Crippen molar-refractivity contribution < 1.29 is 9.00 Å². The third-order valence-corrected chi connectivity index (χ3v) is 4.34. The summed E-state index contributed by atoms with van der Waals surface area (Å²) in [5, 5.41) is 0.763. The molecule has 1 aliphatic heterocycles. The van der Waals surface area contributed by atoms with Crippen molar-refractivity contribution in [2.45, 2.75) is 18.1 Å². The number of carbonyl (C=O) groups excluding carboxylic acids is 1. The fourth-order valence-corrected chi connectivity index (χ4v) is 2.86. The van der Waals surface area contributed by atoms with Crippen molar-refractivity contribution in [2.75, 3.05) is 16.9 Å². The van der Waals surface area contributed by atoms with Crippen LogP contribution in [0.25, 0.3) is 0 Å². The molecule has 8 heteroatoms. The minimum absolute atomic E-state index is 0.106. The van der Waals surface area contributed by atoms with Gasteiger partial charge in [-0.3, -0.25) is 13.9 Å². The Hall–Kier alpha value is -1.99. The van der Waals surface area contributed by atoms with Crippen LogP contribution in [0, 0.1) is 0 Å². The first-order valence-corrected chi connectivity index (χ1v) is 8.44. The molecule has 1 atom stereocenters. The summed E-state index contributed by atoms with van der Waals surface area (Å²) in [6.07, 6.45) is 1.63. The molecule has 2 N–H and O–H groups in total. The van der Waals surface area contributed by atoms with E-state index in [1.54, 1.807) is 12.1 Å². The number of aromatic nitrogens is 2. The average Bonchev–Trinajstić information content (AvgIpc) is 2.78. The van der Waals surface area contributed by atoms with Gasteiger partial charge in [-0.1, -0.05) is 23.7 Å². The highest BCUT2D eigenvalue weighted by molar-refractivity contribution is 7.84. The summed E-state index contributed by atoms with van der Waals surface area (Å²) in [7, 11) is -1.36. The van der Waals surface area contributed by atoms with E-state index >= 15 is 0 Å². The molecule has 6 nitrogen and oxygen atoms in total. The number of nitrogen functional groups attached to an aromatic ring is 1. The lowest BCUT2D eigenvalue weighted by atomic mass is 10.2. The van der Waals surface area contributed by atoms with Crippen molar-refractivity contribution in [1.82, 2.24) is 9.97 Å². The first kappa shape index (κ1) is 14.9. The predicted molar refractivity (Wildman–Crippen MR) is 85.1 cm³/mol. The topological polar surface area (TPSA) is 89.2 Å². The highest BCUT2D eigenvalue weighted by Gasteiger charge is 2.32. The van der Waals surface area contributed by atoms with E-state index in [0.29, 0.717) is 22.9 Å². The standard InChI is InChI=1S/C14H13ClN4O2S/c1-22(21)14-17-12(16)10-6-11(20)19(13(10)18-14)7-8-2-4-9(15)5-3-8/h2-5H,6-7H2,1H3,(H2,16,17,18). The van der Waals surface area contributed by atoms with Gasteiger partial charge in [0, 0.05) is 16.8 Å². The van der Waals surface area contributed by atoms with Crippen LogP contribution in [0.3, 0.4) is 0 Å². The van der Waals surface area contributed by atoms with E-state index < -0.39 is 10.8 Å². The van der Waals surface area contributed by atoms with Crippen LogP contribution < -0.4 is 10.6 Å². The number of hydrogen-bond acceptors (Lipinski definition) is 5. The molecule has 1 aromatic carbocycles. The summed E-state index contributed by atoms with van der Waals surface area (Å²) in [6, 6.07) is 7.21. The first-order valence-electron chi connectivity index (χ1n) is 6.50. The Morgan fingerprint density at radius 2 is 2.00 bits per heavy atom. The zero-order chi connectivity index (χ0) is 15.9. The molecule has 0 radical (unpaired) electrons. The van der Waals surface area contributed by atoms with Crippen molar-refractivity contribution in [2.24, 2.45) is 0 Å². The van der Waals surface area contributed by atoms with Crippen LogP contribution in [0.5, 0.6) is 0 Å². The molecule has 2 aromatic rings. The minimum Gasteiger partial charge on any atom is -0.383 e. The molecule has 22 heavy (non-hydrogen) atoms. The number of rotatable bonds is 3. The summed E-state index contributed by atoms with van der Waals surface area (Å²) in [6.45, 7) is 0.356. The van der Waals surface area contributed by atoms with Crippen molar-refractivity contribution >= 4 is 39.9 Å². The van der Waals surface area contributed by atoms with Gasteiger partial charge in [-0.2, -0.15) is 0 Å². The number of carbonyl (C=O) groups is 1. The van der Waals surface area contributed by atoms with E-state index in [9.17, 15) is 9.00 Å². The fraction of sp³-hybridized carbons (Fsp3) is 0.214. The first-order chi connectivity index (χ1) is 10.5. The largest absolute Gasteiger partial charge is 0.383 e. The van der Waals surface area contributed by atoms with E-state index in [2.05, 4.69) is 9.97 Å². The Morgan fingerprint density at radius 3 is 2.64 bits per heavy atom. The zero-order valence-electron chi connectivity index (χ0n) is 11.7. The molecule has 1 aliphatic rings. The van der Waals surface area contributed by atoms with Crippen LogP contribution in [0.4, 0.5) is 11.6 Å². The molecule has 0 saturated heterocycles. The third-order valence-electron chi connectivity index (χ3n) is 3.39. The summed E-state index contributed by atoms with van der Waals surface area (Å²) in [4.78, 5) is 22.0. The van der Waals surface area contributed by atoms with Gasteiger partial charge in [-0.25, -0.2) is 9.97 Å². The summed E-state index contributed by atoms with van der Waals surface area (Å²) in [5.74, 6) is 0.546. The molecular formula is C14H13ClN4O2S.